The predicted octanol–water partition coefficient (Wildman–Crippen LogP) is 2.35. The highest BCUT2D eigenvalue weighted by molar-refractivity contribution is 9.10. The van der Waals surface area contributed by atoms with Crippen LogP contribution in [0.2, 0.25) is 0 Å². The van der Waals surface area contributed by atoms with Gasteiger partial charge in [0.15, 0.2) is 0 Å². The van der Waals surface area contributed by atoms with E-state index < -0.39 is 0 Å². The Bertz CT molecular complexity index is 599. The molecular formula is C15H17BrN2O3. The number of nitrogens with one attached hydrogen (secondary N) is 1. The highest BCUT2D eigenvalue weighted by Crippen LogP contribution is 2.26. The standard InChI is InChI=1S/C15H17BrN2O3/c1-9(2)17-13(19)4-3-7-18-14(20)11-6-5-10(16)8-12(11)15(18)21/h5-6,8-9H,3-4,7H2,1-2H3,(H,17,19). The van der Waals surface area contributed by atoms with Crippen LogP contribution in [0.5, 0.6) is 0 Å². The lowest BCUT2D eigenvalue weighted by Crippen LogP contribution is -2.33. The largest absolute Gasteiger partial charge is 0.354 e. The molecule has 0 saturated heterocycles. The zero-order valence-electron chi connectivity index (χ0n) is 12.0. The maximum Gasteiger partial charge on any atom is 0.261 e. The molecule has 0 aromatic heterocycles. The van der Waals surface area contributed by atoms with E-state index in [1.165, 1.54) is 4.90 Å². The number of imide groups is 1. The topological polar surface area (TPSA) is 66.5 Å². The van der Waals surface area contributed by atoms with E-state index in [0.29, 0.717) is 24.0 Å². The third-order valence-electron chi connectivity index (χ3n) is 3.17. The van der Waals surface area contributed by atoms with Gasteiger partial charge in [0, 0.05) is 23.5 Å². The summed E-state index contributed by atoms with van der Waals surface area (Å²) in [7, 11) is 0. The van der Waals surface area contributed by atoms with E-state index in [2.05, 4.69) is 21.2 Å². The van der Waals surface area contributed by atoms with Crippen LogP contribution in [0.4, 0.5) is 0 Å². The van der Waals surface area contributed by atoms with Crippen LogP contribution in [0, 0.1) is 0 Å². The molecule has 1 heterocycles. The average Bonchev–Trinajstić information content (AvgIpc) is 2.62. The molecule has 21 heavy (non-hydrogen) atoms. The first-order valence-electron chi connectivity index (χ1n) is 6.85. The number of carbonyl (C=O) groups is 3. The van der Waals surface area contributed by atoms with Gasteiger partial charge in [0.25, 0.3) is 11.8 Å². The van der Waals surface area contributed by atoms with E-state index in [9.17, 15) is 14.4 Å². The van der Waals surface area contributed by atoms with E-state index in [-0.39, 0.29) is 30.3 Å². The summed E-state index contributed by atoms with van der Waals surface area (Å²) in [5, 5.41) is 2.78. The lowest BCUT2D eigenvalue weighted by molar-refractivity contribution is -0.121. The Hall–Kier alpha value is -1.69. The van der Waals surface area contributed by atoms with Gasteiger partial charge in [-0.3, -0.25) is 19.3 Å². The van der Waals surface area contributed by atoms with Crippen LogP contribution in [-0.2, 0) is 4.79 Å². The third kappa shape index (κ3) is 3.50. The summed E-state index contributed by atoms with van der Waals surface area (Å²) < 4.78 is 0.764. The van der Waals surface area contributed by atoms with Crippen molar-refractivity contribution in [2.24, 2.45) is 0 Å². The Kier molecular flexibility index (Phi) is 4.77. The zero-order valence-corrected chi connectivity index (χ0v) is 13.6. The second-order valence-corrected chi connectivity index (χ2v) is 6.19. The van der Waals surface area contributed by atoms with Crippen LogP contribution in [0.1, 0.15) is 47.4 Å². The zero-order chi connectivity index (χ0) is 15.6. The minimum Gasteiger partial charge on any atom is -0.354 e. The Balaban J connectivity index is 1.96. The molecule has 0 saturated carbocycles. The molecule has 5 nitrogen and oxygen atoms in total. The Morgan fingerprint density at radius 3 is 2.57 bits per heavy atom. The molecule has 1 aliphatic heterocycles. The molecule has 0 fully saturated rings. The Morgan fingerprint density at radius 1 is 1.24 bits per heavy atom. The monoisotopic (exact) mass is 352 g/mol. The summed E-state index contributed by atoms with van der Waals surface area (Å²) in [6.45, 7) is 4.04. The fourth-order valence-corrected chi connectivity index (χ4v) is 2.62. The molecule has 0 aliphatic carbocycles. The maximum absolute atomic E-state index is 12.2. The molecule has 0 radical (unpaired) electrons. The third-order valence-corrected chi connectivity index (χ3v) is 3.66. The molecule has 0 bridgehead atoms. The van der Waals surface area contributed by atoms with Gasteiger partial charge in [0.2, 0.25) is 5.91 Å². The maximum atomic E-state index is 12.2. The van der Waals surface area contributed by atoms with Crippen LogP contribution in [0.15, 0.2) is 22.7 Å². The quantitative estimate of drug-likeness (QED) is 0.827. The van der Waals surface area contributed by atoms with Crippen LogP contribution >= 0.6 is 15.9 Å². The van der Waals surface area contributed by atoms with Gasteiger partial charge in [-0.25, -0.2) is 0 Å². The van der Waals surface area contributed by atoms with Gasteiger partial charge in [-0.15, -0.1) is 0 Å². The normalized spacial score (nSPS) is 13.8. The van der Waals surface area contributed by atoms with Crippen molar-refractivity contribution in [3.63, 3.8) is 0 Å². The highest BCUT2D eigenvalue weighted by atomic mass is 79.9. The molecule has 3 amide bonds. The Morgan fingerprint density at radius 2 is 1.90 bits per heavy atom. The van der Waals surface area contributed by atoms with E-state index in [1.54, 1.807) is 18.2 Å². The van der Waals surface area contributed by atoms with Crippen LogP contribution in [0.3, 0.4) is 0 Å². The predicted molar refractivity (Wildman–Crippen MR) is 82.0 cm³/mol. The summed E-state index contributed by atoms with van der Waals surface area (Å²) in [5.74, 6) is -0.642. The van der Waals surface area contributed by atoms with Crippen molar-refractivity contribution >= 4 is 33.7 Å². The summed E-state index contributed by atoms with van der Waals surface area (Å²) >= 11 is 3.29. The van der Waals surface area contributed by atoms with Crippen molar-refractivity contribution in [3.8, 4) is 0 Å². The van der Waals surface area contributed by atoms with Crippen molar-refractivity contribution in [1.29, 1.82) is 0 Å². The van der Waals surface area contributed by atoms with E-state index >= 15 is 0 Å². The molecule has 1 N–H and O–H groups in total. The van der Waals surface area contributed by atoms with Crippen LogP contribution in [0.25, 0.3) is 0 Å². The molecule has 1 aromatic rings. The van der Waals surface area contributed by atoms with Gasteiger partial charge in [0.05, 0.1) is 11.1 Å². The van der Waals surface area contributed by atoms with Crippen molar-refractivity contribution in [1.82, 2.24) is 10.2 Å². The minimum absolute atomic E-state index is 0.0654. The summed E-state index contributed by atoms with van der Waals surface area (Å²) in [5.41, 5.74) is 0.843. The SMILES string of the molecule is CC(C)NC(=O)CCCN1C(=O)c2ccc(Br)cc2C1=O. The summed E-state index contributed by atoms with van der Waals surface area (Å²) in [4.78, 5) is 37.1. The minimum atomic E-state index is -0.291. The van der Waals surface area contributed by atoms with Crippen LogP contribution in [-0.4, -0.2) is 35.2 Å². The van der Waals surface area contributed by atoms with Gasteiger partial charge in [-0.2, -0.15) is 0 Å². The van der Waals surface area contributed by atoms with Crippen LogP contribution < -0.4 is 5.32 Å². The van der Waals surface area contributed by atoms with Crippen molar-refractivity contribution in [2.75, 3.05) is 6.54 Å². The number of benzene rings is 1. The molecular weight excluding hydrogens is 336 g/mol. The number of nitrogens with zero attached hydrogens (tertiary/aromatic N) is 1. The Labute approximate surface area is 131 Å². The van der Waals surface area contributed by atoms with Crippen molar-refractivity contribution in [2.45, 2.75) is 32.7 Å². The number of rotatable bonds is 5. The number of amides is 3. The van der Waals surface area contributed by atoms with Crippen molar-refractivity contribution in [3.05, 3.63) is 33.8 Å². The number of fused-ring (bicyclic) bond motifs is 1. The molecule has 0 atom stereocenters. The molecule has 6 heteroatoms. The van der Waals surface area contributed by atoms with Gasteiger partial charge < -0.3 is 5.32 Å². The molecule has 2 rings (SSSR count). The molecule has 0 spiro atoms. The van der Waals surface area contributed by atoms with Gasteiger partial charge in [-0.1, -0.05) is 15.9 Å². The first-order valence-corrected chi connectivity index (χ1v) is 7.64. The molecule has 0 unspecified atom stereocenters. The first-order chi connectivity index (χ1) is 9.90. The fraction of sp³-hybridized carbons (Fsp3) is 0.400. The number of hydrogen-bond donors (Lipinski definition) is 1. The van der Waals surface area contributed by atoms with Gasteiger partial charge >= 0.3 is 0 Å². The number of carbonyl (C=O) groups excluding carboxylic acids is 3. The van der Waals surface area contributed by atoms with Crippen molar-refractivity contribution < 1.29 is 14.4 Å². The lowest BCUT2D eigenvalue weighted by Gasteiger charge is -2.14. The fourth-order valence-electron chi connectivity index (χ4n) is 2.26. The summed E-state index contributed by atoms with van der Waals surface area (Å²) in [6.07, 6.45) is 0.764. The highest BCUT2D eigenvalue weighted by Gasteiger charge is 2.35. The van der Waals surface area contributed by atoms with Gasteiger partial charge in [0.1, 0.15) is 0 Å². The average molecular weight is 353 g/mol. The lowest BCUT2D eigenvalue weighted by atomic mass is 10.1. The summed E-state index contributed by atoms with van der Waals surface area (Å²) in [6, 6.07) is 5.13. The molecule has 1 aliphatic rings. The van der Waals surface area contributed by atoms with E-state index in [0.717, 1.165) is 4.47 Å². The molecule has 1 aromatic carbocycles. The van der Waals surface area contributed by atoms with E-state index in [4.69, 9.17) is 0 Å². The number of hydrogen-bond acceptors (Lipinski definition) is 3. The first kappa shape index (κ1) is 15.7. The van der Waals surface area contributed by atoms with Gasteiger partial charge in [-0.05, 0) is 38.5 Å². The number of halogens is 1. The molecule has 112 valence electrons. The van der Waals surface area contributed by atoms with E-state index in [1.807, 2.05) is 13.8 Å². The second kappa shape index (κ2) is 6.39. The smallest absolute Gasteiger partial charge is 0.261 e. The second-order valence-electron chi connectivity index (χ2n) is 5.28.